The Labute approximate surface area is 104 Å². The van der Waals surface area contributed by atoms with E-state index in [0.717, 1.165) is 7.11 Å². The van der Waals surface area contributed by atoms with Crippen LogP contribution in [0.5, 0.6) is 5.75 Å². The highest BCUT2D eigenvalue weighted by atomic mass is 35.5. The summed E-state index contributed by atoms with van der Waals surface area (Å²) in [6, 6.07) is 0.945. The van der Waals surface area contributed by atoms with Crippen molar-refractivity contribution in [2.45, 2.75) is 6.18 Å². The van der Waals surface area contributed by atoms with E-state index < -0.39 is 39.8 Å². The van der Waals surface area contributed by atoms with Crippen molar-refractivity contribution in [3.05, 3.63) is 28.3 Å². The highest BCUT2D eigenvalue weighted by Gasteiger charge is 2.34. The van der Waals surface area contributed by atoms with Crippen molar-refractivity contribution in [3.63, 3.8) is 0 Å². The SMILES string of the molecule is COc1c(Cl)cc(C(F)(F)F)cc1C(=O)C(=O)O. The zero-order chi connectivity index (χ0) is 14.1. The standard InChI is InChI=1S/C10H6ClF3O4/c1-18-8-5(7(15)9(16)17)2-4(3-6(8)11)10(12,13)14/h2-3H,1H3,(H,16,17). The smallest absolute Gasteiger partial charge is 0.416 e. The van der Waals surface area contributed by atoms with Gasteiger partial charge in [0.2, 0.25) is 0 Å². The Kier molecular flexibility index (Phi) is 3.85. The maximum absolute atomic E-state index is 12.5. The number of carbonyl (C=O) groups excluding carboxylic acids is 1. The maximum atomic E-state index is 12.5. The molecule has 0 aliphatic carbocycles. The van der Waals surface area contributed by atoms with Crippen molar-refractivity contribution in [1.29, 1.82) is 0 Å². The van der Waals surface area contributed by atoms with Gasteiger partial charge in [0.1, 0.15) is 5.75 Å². The second-order valence-electron chi connectivity index (χ2n) is 3.17. The van der Waals surface area contributed by atoms with E-state index in [0.29, 0.717) is 12.1 Å². The number of hydrogen-bond donors (Lipinski definition) is 1. The summed E-state index contributed by atoms with van der Waals surface area (Å²) in [5.74, 6) is -3.83. The lowest BCUT2D eigenvalue weighted by atomic mass is 10.1. The van der Waals surface area contributed by atoms with Crippen LogP contribution in [0.25, 0.3) is 0 Å². The Balaban J connectivity index is 3.52. The van der Waals surface area contributed by atoms with Crippen molar-refractivity contribution >= 4 is 23.4 Å². The van der Waals surface area contributed by atoms with Crippen LogP contribution in [0.2, 0.25) is 5.02 Å². The number of aliphatic carboxylic acids is 1. The number of methoxy groups -OCH3 is 1. The lowest BCUT2D eigenvalue weighted by Gasteiger charge is -2.12. The summed E-state index contributed by atoms with van der Waals surface area (Å²) in [5.41, 5.74) is -1.97. The topological polar surface area (TPSA) is 63.6 Å². The zero-order valence-electron chi connectivity index (χ0n) is 8.84. The third-order valence-corrected chi connectivity index (χ3v) is 2.29. The second-order valence-corrected chi connectivity index (χ2v) is 3.58. The quantitative estimate of drug-likeness (QED) is 0.684. The normalized spacial score (nSPS) is 11.2. The van der Waals surface area contributed by atoms with E-state index in [-0.39, 0.29) is 0 Å². The van der Waals surface area contributed by atoms with Gasteiger partial charge in [0.15, 0.2) is 0 Å². The number of carboxylic acid groups (broad SMARTS) is 1. The zero-order valence-corrected chi connectivity index (χ0v) is 9.59. The highest BCUT2D eigenvalue weighted by Crippen LogP contribution is 2.37. The van der Waals surface area contributed by atoms with Crippen molar-refractivity contribution < 1.29 is 32.6 Å². The number of ketones is 1. The van der Waals surface area contributed by atoms with E-state index in [4.69, 9.17) is 16.7 Å². The predicted octanol–water partition coefficient (Wildman–Crippen LogP) is 2.63. The lowest BCUT2D eigenvalue weighted by molar-refractivity contribution is -0.137. The summed E-state index contributed by atoms with van der Waals surface area (Å²) >= 11 is 5.52. The summed E-state index contributed by atoms with van der Waals surface area (Å²) in [7, 11) is 1.06. The summed E-state index contributed by atoms with van der Waals surface area (Å²) in [4.78, 5) is 21.8. The average Bonchev–Trinajstić information content (AvgIpc) is 2.25. The van der Waals surface area contributed by atoms with Gasteiger partial charge in [-0.3, -0.25) is 4.79 Å². The molecule has 1 aromatic carbocycles. The first kappa shape index (κ1) is 14.3. The van der Waals surface area contributed by atoms with Crippen LogP contribution in [0, 0.1) is 0 Å². The second kappa shape index (κ2) is 4.85. The average molecular weight is 283 g/mol. The number of ether oxygens (including phenoxy) is 1. The maximum Gasteiger partial charge on any atom is 0.416 e. The number of halogens is 4. The molecule has 98 valence electrons. The van der Waals surface area contributed by atoms with E-state index in [1.165, 1.54) is 0 Å². The molecule has 0 aromatic heterocycles. The lowest BCUT2D eigenvalue weighted by Crippen LogP contribution is -2.16. The third-order valence-electron chi connectivity index (χ3n) is 2.01. The van der Waals surface area contributed by atoms with Crippen LogP contribution in [0.1, 0.15) is 15.9 Å². The van der Waals surface area contributed by atoms with Gasteiger partial charge in [0.05, 0.1) is 23.3 Å². The van der Waals surface area contributed by atoms with E-state index in [9.17, 15) is 22.8 Å². The van der Waals surface area contributed by atoms with Crippen molar-refractivity contribution in [2.24, 2.45) is 0 Å². The molecule has 0 aliphatic heterocycles. The minimum atomic E-state index is -4.75. The molecule has 0 bridgehead atoms. The van der Waals surface area contributed by atoms with Crippen LogP contribution < -0.4 is 4.74 Å². The summed E-state index contributed by atoms with van der Waals surface area (Å²) in [6.07, 6.45) is -4.75. The van der Waals surface area contributed by atoms with Gasteiger partial charge in [0, 0.05) is 0 Å². The molecule has 1 N–H and O–H groups in total. The molecule has 0 atom stereocenters. The monoisotopic (exact) mass is 282 g/mol. The molecule has 0 unspecified atom stereocenters. The fourth-order valence-corrected chi connectivity index (χ4v) is 1.54. The van der Waals surface area contributed by atoms with Gasteiger partial charge in [-0.1, -0.05) is 11.6 Å². The van der Waals surface area contributed by atoms with E-state index >= 15 is 0 Å². The molecule has 0 spiro atoms. The van der Waals surface area contributed by atoms with Gasteiger partial charge < -0.3 is 9.84 Å². The van der Waals surface area contributed by atoms with Gasteiger partial charge in [0.25, 0.3) is 5.78 Å². The first-order valence-electron chi connectivity index (χ1n) is 4.40. The molecule has 0 saturated heterocycles. The van der Waals surface area contributed by atoms with E-state index in [2.05, 4.69) is 4.74 Å². The van der Waals surface area contributed by atoms with Crippen LogP contribution in [0.15, 0.2) is 12.1 Å². The predicted molar refractivity (Wildman–Crippen MR) is 55.0 cm³/mol. The van der Waals surface area contributed by atoms with Crippen LogP contribution in [-0.4, -0.2) is 24.0 Å². The van der Waals surface area contributed by atoms with Gasteiger partial charge in [-0.15, -0.1) is 0 Å². The fraction of sp³-hybridized carbons (Fsp3) is 0.200. The Morgan fingerprint density at radius 2 is 1.89 bits per heavy atom. The number of alkyl halides is 3. The Morgan fingerprint density at radius 3 is 2.28 bits per heavy atom. The summed E-state index contributed by atoms with van der Waals surface area (Å²) in [6.45, 7) is 0. The molecular formula is C10H6ClF3O4. The molecule has 1 rings (SSSR count). The highest BCUT2D eigenvalue weighted by molar-refractivity contribution is 6.42. The minimum Gasteiger partial charge on any atom is -0.494 e. The van der Waals surface area contributed by atoms with Gasteiger partial charge in [-0.05, 0) is 12.1 Å². The Morgan fingerprint density at radius 1 is 1.33 bits per heavy atom. The first-order valence-corrected chi connectivity index (χ1v) is 4.78. The first-order chi connectivity index (χ1) is 8.18. The summed E-state index contributed by atoms with van der Waals surface area (Å²) in [5, 5.41) is 8.02. The summed E-state index contributed by atoms with van der Waals surface area (Å²) < 4.78 is 42.1. The molecule has 8 heteroatoms. The van der Waals surface area contributed by atoms with Crippen molar-refractivity contribution in [2.75, 3.05) is 7.11 Å². The molecule has 0 saturated carbocycles. The molecule has 0 aliphatic rings. The van der Waals surface area contributed by atoms with Gasteiger partial charge >= 0.3 is 12.1 Å². The van der Waals surface area contributed by atoms with Crippen LogP contribution in [0.3, 0.4) is 0 Å². The molecular weight excluding hydrogens is 277 g/mol. The number of Topliss-reactive ketones (excluding diaryl/α,β-unsaturated/α-hetero) is 1. The minimum absolute atomic E-state index is 0.390. The van der Waals surface area contributed by atoms with Crippen LogP contribution >= 0.6 is 11.6 Å². The molecule has 1 aromatic rings. The van der Waals surface area contributed by atoms with Crippen LogP contribution in [0.4, 0.5) is 13.2 Å². The molecule has 0 amide bonds. The number of carbonyl (C=O) groups is 2. The fourth-order valence-electron chi connectivity index (χ4n) is 1.25. The van der Waals surface area contributed by atoms with E-state index in [1.807, 2.05) is 0 Å². The molecule has 0 heterocycles. The number of rotatable bonds is 3. The third kappa shape index (κ3) is 2.73. The number of benzene rings is 1. The Hall–Kier alpha value is -1.76. The van der Waals surface area contributed by atoms with Gasteiger partial charge in [-0.2, -0.15) is 13.2 Å². The number of hydrogen-bond acceptors (Lipinski definition) is 3. The van der Waals surface area contributed by atoms with Crippen LogP contribution in [-0.2, 0) is 11.0 Å². The van der Waals surface area contributed by atoms with E-state index in [1.54, 1.807) is 0 Å². The Bertz CT molecular complexity index is 511. The van der Waals surface area contributed by atoms with Gasteiger partial charge in [-0.25, -0.2) is 4.79 Å². The van der Waals surface area contributed by atoms with Crippen molar-refractivity contribution in [1.82, 2.24) is 0 Å². The molecule has 18 heavy (non-hydrogen) atoms. The largest absolute Gasteiger partial charge is 0.494 e. The number of carboxylic acids is 1. The molecule has 0 fully saturated rings. The molecule has 4 nitrogen and oxygen atoms in total. The molecule has 0 radical (unpaired) electrons. The van der Waals surface area contributed by atoms with Crippen molar-refractivity contribution in [3.8, 4) is 5.75 Å².